The normalized spacial score (nSPS) is 15.8. The SMILES string of the molecule is CC(C)(C)OC(=O)N1CCC=C(c2nc(CCO)no2)C1. The summed E-state index contributed by atoms with van der Waals surface area (Å²) in [6.07, 6.45) is 2.71. The molecule has 1 aliphatic heterocycles. The molecule has 2 rings (SSSR count). The second kappa shape index (κ2) is 6.26. The largest absolute Gasteiger partial charge is 0.444 e. The first-order valence-electron chi connectivity index (χ1n) is 7.00. The highest BCUT2D eigenvalue weighted by atomic mass is 16.6. The number of amides is 1. The highest BCUT2D eigenvalue weighted by Crippen LogP contribution is 2.21. The van der Waals surface area contributed by atoms with Gasteiger partial charge in [0, 0.05) is 18.5 Å². The van der Waals surface area contributed by atoms with Gasteiger partial charge in [-0.3, -0.25) is 0 Å². The summed E-state index contributed by atoms with van der Waals surface area (Å²) in [7, 11) is 0. The lowest BCUT2D eigenvalue weighted by Crippen LogP contribution is -2.39. The molecule has 1 amide bonds. The highest BCUT2D eigenvalue weighted by Gasteiger charge is 2.26. The van der Waals surface area contributed by atoms with E-state index in [-0.39, 0.29) is 12.7 Å². The van der Waals surface area contributed by atoms with E-state index in [2.05, 4.69) is 10.1 Å². The molecule has 2 heterocycles. The van der Waals surface area contributed by atoms with Crippen LogP contribution in [0.1, 0.15) is 38.9 Å². The zero-order valence-corrected chi connectivity index (χ0v) is 12.6. The van der Waals surface area contributed by atoms with E-state index < -0.39 is 5.60 Å². The monoisotopic (exact) mass is 295 g/mol. The van der Waals surface area contributed by atoms with Gasteiger partial charge in [-0.2, -0.15) is 4.98 Å². The molecular weight excluding hydrogens is 274 g/mol. The van der Waals surface area contributed by atoms with Crippen LogP contribution in [0.15, 0.2) is 10.6 Å². The number of aliphatic hydroxyl groups excluding tert-OH is 1. The van der Waals surface area contributed by atoms with Gasteiger partial charge >= 0.3 is 6.09 Å². The van der Waals surface area contributed by atoms with Crippen LogP contribution in [-0.4, -0.2) is 51.5 Å². The first-order valence-corrected chi connectivity index (χ1v) is 7.00. The molecule has 1 N–H and O–H groups in total. The van der Waals surface area contributed by atoms with Crippen molar-refractivity contribution in [3.63, 3.8) is 0 Å². The molecule has 1 aliphatic rings. The Morgan fingerprint density at radius 3 is 2.95 bits per heavy atom. The quantitative estimate of drug-likeness (QED) is 0.911. The molecule has 0 saturated carbocycles. The standard InChI is InChI=1S/C14H21N3O4/c1-14(2,3)20-13(19)17-7-4-5-10(9-17)12-15-11(6-8-18)16-21-12/h5,18H,4,6-9H2,1-3H3. The number of hydrogen-bond donors (Lipinski definition) is 1. The van der Waals surface area contributed by atoms with Crippen LogP contribution in [0.3, 0.4) is 0 Å². The first kappa shape index (κ1) is 15.5. The first-order chi connectivity index (χ1) is 9.89. The van der Waals surface area contributed by atoms with Gasteiger partial charge in [0.15, 0.2) is 5.82 Å². The average molecular weight is 295 g/mol. The van der Waals surface area contributed by atoms with E-state index in [1.54, 1.807) is 4.90 Å². The molecule has 0 spiro atoms. The van der Waals surface area contributed by atoms with Crippen molar-refractivity contribution in [2.24, 2.45) is 0 Å². The Balaban J connectivity index is 2.02. The summed E-state index contributed by atoms with van der Waals surface area (Å²) in [4.78, 5) is 17.9. The van der Waals surface area contributed by atoms with E-state index in [1.807, 2.05) is 26.8 Å². The van der Waals surface area contributed by atoms with Gasteiger partial charge in [0.2, 0.25) is 0 Å². The Morgan fingerprint density at radius 2 is 2.29 bits per heavy atom. The van der Waals surface area contributed by atoms with Crippen molar-refractivity contribution in [1.29, 1.82) is 0 Å². The fraction of sp³-hybridized carbons (Fsp3) is 0.643. The van der Waals surface area contributed by atoms with Gasteiger partial charge in [-0.15, -0.1) is 0 Å². The van der Waals surface area contributed by atoms with Crippen molar-refractivity contribution < 1.29 is 19.2 Å². The predicted molar refractivity (Wildman–Crippen MR) is 75.5 cm³/mol. The summed E-state index contributed by atoms with van der Waals surface area (Å²) in [5.41, 5.74) is 0.292. The Bertz CT molecular complexity index is 531. The van der Waals surface area contributed by atoms with Crippen molar-refractivity contribution in [2.45, 2.75) is 39.2 Å². The molecule has 7 heteroatoms. The third-order valence-corrected chi connectivity index (χ3v) is 2.88. The van der Waals surface area contributed by atoms with Gasteiger partial charge in [0.25, 0.3) is 5.89 Å². The molecule has 0 saturated heterocycles. The second-order valence-corrected chi connectivity index (χ2v) is 5.91. The zero-order chi connectivity index (χ0) is 15.5. The Morgan fingerprint density at radius 1 is 1.52 bits per heavy atom. The minimum absolute atomic E-state index is 0.0257. The number of ether oxygens (including phenoxy) is 1. The summed E-state index contributed by atoms with van der Waals surface area (Å²) in [6, 6.07) is 0. The summed E-state index contributed by atoms with van der Waals surface area (Å²) in [6.45, 7) is 6.48. The number of carbonyl (C=O) groups excluding carboxylic acids is 1. The van der Waals surface area contributed by atoms with E-state index >= 15 is 0 Å². The fourth-order valence-corrected chi connectivity index (χ4v) is 1.97. The van der Waals surface area contributed by atoms with Gasteiger partial charge in [-0.25, -0.2) is 4.79 Å². The number of hydrogen-bond acceptors (Lipinski definition) is 6. The molecule has 7 nitrogen and oxygen atoms in total. The van der Waals surface area contributed by atoms with E-state index in [1.165, 1.54) is 0 Å². The maximum absolute atomic E-state index is 12.1. The van der Waals surface area contributed by atoms with Crippen LogP contribution in [0.4, 0.5) is 4.79 Å². The lowest BCUT2D eigenvalue weighted by Gasteiger charge is -2.29. The molecular formula is C14H21N3O4. The molecule has 21 heavy (non-hydrogen) atoms. The Labute approximate surface area is 123 Å². The summed E-state index contributed by atoms with van der Waals surface area (Å²) in [5.74, 6) is 0.856. The van der Waals surface area contributed by atoms with Crippen LogP contribution in [-0.2, 0) is 11.2 Å². The number of aliphatic hydroxyl groups is 1. The summed E-state index contributed by atoms with van der Waals surface area (Å²) < 4.78 is 10.5. The Hall–Kier alpha value is -1.89. The van der Waals surface area contributed by atoms with Crippen LogP contribution < -0.4 is 0 Å². The van der Waals surface area contributed by atoms with Crippen molar-refractivity contribution in [2.75, 3.05) is 19.7 Å². The van der Waals surface area contributed by atoms with Gasteiger partial charge in [-0.05, 0) is 27.2 Å². The molecule has 0 aliphatic carbocycles. The van der Waals surface area contributed by atoms with Crippen molar-refractivity contribution in [3.8, 4) is 0 Å². The van der Waals surface area contributed by atoms with Crippen molar-refractivity contribution in [3.05, 3.63) is 17.8 Å². The lowest BCUT2D eigenvalue weighted by molar-refractivity contribution is 0.0272. The predicted octanol–water partition coefficient (Wildman–Crippen LogP) is 1.63. The molecule has 0 aromatic carbocycles. The molecule has 1 aromatic rings. The molecule has 116 valence electrons. The minimum Gasteiger partial charge on any atom is -0.444 e. The lowest BCUT2D eigenvalue weighted by atomic mass is 10.1. The van der Waals surface area contributed by atoms with Gasteiger partial charge < -0.3 is 19.3 Å². The fourth-order valence-electron chi connectivity index (χ4n) is 1.97. The summed E-state index contributed by atoms with van der Waals surface area (Å²) in [5, 5.41) is 12.6. The molecule has 0 bridgehead atoms. The number of aromatic nitrogens is 2. The van der Waals surface area contributed by atoms with Crippen LogP contribution in [0.5, 0.6) is 0 Å². The smallest absolute Gasteiger partial charge is 0.410 e. The minimum atomic E-state index is -0.517. The maximum Gasteiger partial charge on any atom is 0.410 e. The number of carbonyl (C=O) groups is 1. The molecule has 0 atom stereocenters. The van der Waals surface area contributed by atoms with Crippen molar-refractivity contribution >= 4 is 11.7 Å². The maximum atomic E-state index is 12.1. The van der Waals surface area contributed by atoms with E-state index in [4.69, 9.17) is 14.4 Å². The van der Waals surface area contributed by atoms with Crippen LogP contribution in [0.2, 0.25) is 0 Å². The number of nitrogens with zero attached hydrogens (tertiary/aromatic N) is 3. The van der Waals surface area contributed by atoms with Crippen LogP contribution >= 0.6 is 0 Å². The highest BCUT2D eigenvalue weighted by molar-refractivity contribution is 5.73. The van der Waals surface area contributed by atoms with E-state index in [9.17, 15) is 4.79 Å². The third-order valence-electron chi connectivity index (χ3n) is 2.88. The molecule has 1 aromatic heterocycles. The molecule has 0 fully saturated rings. The van der Waals surface area contributed by atoms with E-state index in [0.717, 1.165) is 5.57 Å². The summed E-state index contributed by atoms with van der Waals surface area (Å²) >= 11 is 0. The average Bonchev–Trinajstić information content (AvgIpc) is 2.86. The number of rotatable bonds is 3. The van der Waals surface area contributed by atoms with Gasteiger partial charge in [0.1, 0.15) is 5.60 Å². The van der Waals surface area contributed by atoms with Crippen LogP contribution in [0, 0.1) is 0 Å². The van der Waals surface area contributed by atoms with Crippen molar-refractivity contribution in [1.82, 2.24) is 15.0 Å². The third kappa shape index (κ3) is 4.29. The topological polar surface area (TPSA) is 88.7 Å². The van der Waals surface area contributed by atoms with Gasteiger partial charge in [0.05, 0.1) is 13.2 Å². The second-order valence-electron chi connectivity index (χ2n) is 5.91. The molecule has 0 unspecified atom stereocenters. The van der Waals surface area contributed by atoms with Crippen LogP contribution in [0.25, 0.3) is 5.57 Å². The Kier molecular flexibility index (Phi) is 4.62. The van der Waals surface area contributed by atoms with Gasteiger partial charge in [-0.1, -0.05) is 11.2 Å². The zero-order valence-electron chi connectivity index (χ0n) is 12.6. The van der Waals surface area contributed by atoms with E-state index in [0.29, 0.717) is 37.6 Å². The molecule has 0 radical (unpaired) electrons.